The molecular weight excluding hydrogens is 284 g/mol. The Bertz CT molecular complexity index is 639. The van der Waals surface area contributed by atoms with Gasteiger partial charge in [0.25, 0.3) is 0 Å². The molecule has 0 aromatic heterocycles. The third kappa shape index (κ3) is 3.45. The van der Waals surface area contributed by atoms with E-state index in [0.717, 1.165) is 25.0 Å². The van der Waals surface area contributed by atoms with Gasteiger partial charge in [-0.1, -0.05) is 79.2 Å². The summed E-state index contributed by atoms with van der Waals surface area (Å²) in [6.07, 6.45) is 2.85. The van der Waals surface area contributed by atoms with Gasteiger partial charge in [0.1, 0.15) is 0 Å². The topological polar surface area (TPSA) is 44.6 Å². The second-order valence-corrected chi connectivity index (χ2v) is 6.21. The second kappa shape index (κ2) is 7.42. The van der Waals surface area contributed by atoms with Crippen LogP contribution >= 0.6 is 0 Å². The van der Waals surface area contributed by atoms with Gasteiger partial charge in [-0.25, -0.2) is 0 Å². The standard InChI is InChI=1S/C20H24N2O/c1-2-9-17-19(22-23)14-18(15-10-5-3-6-11-15)21-20(17)16-12-7-4-8-13-16/h3-8,10-13,17-18,20-21,23H,2,9,14H2,1H3/b22-19+/t17-,18+,20-/m1/s1. The van der Waals surface area contributed by atoms with Gasteiger partial charge in [0.2, 0.25) is 0 Å². The molecule has 0 unspecified atom stereocenters. The van der Waals surface area contributed by atoms with E-state index >= 15 is 0 Å². The molecule has 1 fully saturated rings. The molecule has 2 aromatic carbocycles. The van der Waals surface area contributed by atoms with Gasteiger partial charge in [0.05, 0.1) is 5.71 Å². The lowest BCUT2D eigenvalue weighted by Crippen LogP contribution is -2.42. The van der Waals surface area contributed by atoms with Crippen molar-refractivity contribution in [2.24, 2.45) is 11.1 Å². The molecule has 1 aliphatic rings. The molecule has 120 valence electrons. The maximum absolute atomic E-state index is 9.58. The van der Waals surface area contributed by atoms with Crippen LogP contribution in [0.2, 0.25) is 0 Å². The van der Waals surface area contributed by atoms with Crippen LogP contribution in [-0.2, 0) is 0 Å². The highest BCUT2D eigenvalue weighted by Crippen LogP contribution is 2.37. The fourth-order valence-corrected chi connectivity index (χ4v) is 3.59. The van der Waals surface area contributed by atoms with Crippen LogP contribution in [0.4, 0.5) is 0 Å². The predicted molar refractivity (Wildman–Crippen MR) is 93.7 cm³/mol. The van der Waals surface area contributed by atoms with E-state index in [0.29, 0.717) is 0 Å². The molecule has 3 rings (SSSR count). The van der Waals surface area contributed by atoms with Crippen LogP contribution in [0.5, 0.6) is 0 Å². The van der Waals surface area contributed by atoms with Gasteiger partial charge < -0.3 is 10.5 Å². The van der Waals surface area contributed by atoms with Crippen LogP contribution in [0.25, 0.3) is 0 Å². The van der Waals surface area contributed by atoms with E-state index in [9.17, 15) is 5.21 Å². The number of hydrogen-bond donors (Lipinski definition) is 2. The summed E-state index contributed by atoms with van der Waals surface area (Å²) in [6, 6.07) is 21.3. The summed E-state index contributed by atoms with van der Waals surface area (Å²) in [4.78, 5) is 0. The fraction of sp³-hybridized carbons (Fsp3) is 0.350. The summed E-state index contributed by atoms with van der Waals surface area (Å²) in [5.41, 5.74) is 3.41. The Hall–Kier alpha value is -2.13. The Morgan fingerprint density at radius 2 is 1.61 bits per heavy atom. The molecule has 1 aliphatic heterocycles. The molecule has 3 heteroatoms. The first kappa shape index (κ1) is 15.8. The normalized spacial score (nSPS) is 26.3. The van der Waals surface area contributed by atoms with E-state index < -0.39 is 0 Å². The zero-order valence-electron chi connectivity index (χ0n) is 13.5. The maximum Gasteiger partial charge on any atom is 0.0639 e. The maximum atomic E-state index is 9.58. The lowest BCUT2D eigenvalue weighted by Gasteiger charge is -2.38. The van der Waals surface area contributed by atoms with Crippen molar-refractivity contribution < 1.29 is 5.21 Å². The zero-order valence-corrected chi connectivity index (χ0v) is 13.5. The average molecular weight is 308 g/mol. The van der Waals surface area contributed by atoms with Crippen molar-refractivity contribution in [2.75, 3.05) is 0 Å². The predicted octanol–water partition coefficient (Wildman–Crippen LogP) is 4.71. The molecular formula is C20H24N2O. The summed E-state index contributed by atoms with van der Waals surface area (Å²) in [6.45, 7) is 2.18. The summed E-state index contributed by atoms with van der Waals surface area (Å²) < 4.78 is 0. The summed E-state index contributed by atoms with van der Waals surface area (Å²) in [7, 11) is 0. The van der Waals surface area contributed by atoms with Crippen molar-refractivity contribution in [3.05, 3.63) is 71.8 Å². The largest absolute Gasteiger partial charge is 0.411 e. The van der Waals surface area contributed by atoms with Crippen molar-refractivity contribution in [3.8, 4) is 0 Å². The Kier molecular flexibility index (Phi) is 5.09. The molecule has 2 aromatic rings. The van der Waals surface area contributed by atoms with Crippen molar-refractivity contribution in [2.45, 2.75) is 38.3 Å². The third-order valence-corrected chi connectivity index (χ3v) is 4.71. The molecule has 3 atom stereocenters. The van der Waals surface area contributed by atoms with Gasteiger partial charge >= 0.3 is 0 Å². The lowest BCUT2D eigenvalue weighted by molar-refractivity contribution is 0.284. The van der Waals surface area contributed by atoms with Crippen LogP contribution in [0, 0.1) is 5.92 Å². The summed E-state index contributed by atoms with van der Waals surface area (Å²) >= 11 is 0. The number of nitrogens with one attached hydrogen (secondary N) is 1. The van der Waals surface area contributed by atoms with Gasteiger partial charge in [0, 0.05) is 24.4 Å². The molecule has 0 spiro atoms. The van der Waals surface area contributed by atoms with Gasteiger partial charge in [-0.05, 0) is 17.5 Å². The van der Waals surface area contributed by atoms with Gasteiger partial charge in [0.15, 0.2) is 0 Å². The minimum Gasteiger partial charge on any atom is -0.411 e. The zero-order chi connectivity index (χ0) is 16.1. The molecule has 0 radical (unpaired) electrons. The Labute approximate surface area is 138 Å². The van der Waals surface area contributed by atoms with Crippen LogP contribution < -0.4 is 5.32 Å². The number of oxime groups is 1. The first-order valence-corrected chi connectivity index (χ1v) is 8.40. The number of nitrogens with zero attached hydrogens (tertiary/aromatic N) is 1. The molecule has 0 aliphatic carbocycles. The van der Waals surface area contributed by atoms with Crippen molar-refractivity contribution >= 4 is 5.71 Å². The molecule has 0 amide bonds. The number of hydrogen-bond acceptors (Lipinski definition) is 3. The summed E-state index contributed by atoms with van der Waals surface area (Å²) in [5, 5.41) is 17.0. The summed E-state index contributed by atoms with van der Waals surface area (Å²) in [5.74, 6) is 0.243. The Morgan fingerprint density at radius 1 is 1.00 bits per heavy atom. The quantitative estimate of drug-likeness (QED) is 0.634. The number of piperidine rings is 1. The SMILES string of the molecule is CCC[C@@H]1/C(=N/O)C[C@@H](c2ccccc2)N[C@@H]1c1ccccc1. The Morgan fingerprint density at radius 3 is 2.17 bits per heavy atom. The highest BCUT2D eigenvalue weighted by Gasteiger charge is 2.35. The van der Waals surface area contributed by atoms with Crippen molar-refractivity contribution in [1.29, 1.82) is 0 Å². The van der Waals surface area contributed by atoms with E-state index in [1.54, 1.807) is 0 Å². The first-order chi connectivity index (χ1) is 11.3. The third-order valence-electron chi connectivity index (χ3n) is 4.71. The molecule has 0 bridgehead atoms. The van der Waals surface area contributed by atoms with Gasteiger partial charge in [-0.2, -0.15) is 0 Å². The van der Waals surface area contributed by atoms with Crippen LogP contribution in [-0.4, -0.2) is 10.9 Å². The van der Waals surface area contributed by atoms with Gasteiger partial charge in [-0.15, -0.1) is 0 Å². The van der Waals surface area contributed by atoms with E-state index in [2.05, 4.69) is 65.9 Å². The molecule has 1 heterocycles. The van der Waals surface area contributed by atoms with Crippen molar-refractivity contribution in [1.82, 2.24) is 5.32 Å². The molecule has 1 saturated heterocycles. The van der Waals surface area contributed by atoms with Crippen LogP contribution in [0.15, 0.2) is 65.8 Å². The minimum absolute atomic E-state index is 0.181. The molecule has 3 nitrogen and oxygen atoms in total. The fourth-order valence-electron chi connectivity index (χ4n) is 3.59. The highest BCUT2D eigenvalue weighted by molar-refractivity contribution is 5.88. The first-order valence-electron chi connectivity index (χ1n) is 8.40. The van der Waals surface area contributed by atoms with Crippen molar-refractivity contribution in [3.63, 3.8) is 0 Å². The van der Waals surface area contributed by atoms with E-state index in [4.69, 9.17) is 0 Å². The molecule has 2 N–H and O–H groups in total. The minimum atomic E-state index is 0.181. The number of benzene rings is 2. The monoisotopic (exact) mass is 308 g/mol. The Balaban J connectivity index is 1.95. The number of rotatable bonds is 4. The molecule has 23 heavy (non-hydrogen) atoms. The van der Waals surface area contributed by atoms with E-state index in [1.807, 2.05) is 12.1 Å². The second-order valence-electron chi connectivity index (χ2n) is 6.21. The van der Waals surface area contributed by atoms with Crippen LogP contribution in [0.3, 0.4) is 0 Å². The molecule has 0 saturated carbocycles. The highest BCUT2D eigenvalue weighted by atomic mass is 16.4. The average Bonchev–Trinajstić information content (AvgIpc) is 2.63. The lowest BCUT2D eigenvalue weighted by atomic mass is 9.78. The smallest absolute Gasteiger partial charge is 0.0639 e. The van der Waals surface area contributed by atoms with E-state index in [-0.39, 0.29) is 18.0 Å². The van der Waals surface area contributed by atoms with Crippen LogP contribution in [0.1, 0.15) is 49.4 Å². The van der Waals surface area contributed by atoms with E-state index in [1.165, 1.54) is 11.1 Å². The van der Waals surface area contributed by atoms with Gasteiger partial charge in [-0.3, -0.25) is 0 Å².